The molecule has 3 aliphatic rings. The number of amides is 2. The molecule has 2 aliphatic carbocycles. The predicted molar refractivity (Wildman–Crippen MR) is 134 cm³/mol. The fourth-order valence-corrected chi connectivity index (χ4v) is 5.98. The summed E-state index contributed by atoms with van der Waals surface area (Å²) in [5.41, 5.74) is 1.05. The van der Waals surface area contributed by atoms with Gasteiger partial charge in [0, 0.05) is 38.3 Å². The van der Waals surface area contributed by atoms with Crippen LogP contribution in [0, 0.1) is 5.92 Å². The number of piperazine rings is 1. The SMILES string of the molecule is O=C(NC1CCCCC1)NC1CCC(CCN2CCN(c3cccc(Cl)c3Cl)CC2)CC1. The maximum absolute atomic E-state index is 12.3. The lowest BCUT2D eigenvalue weighted by Crippen LogP contribution is -2.48. The van der Waals surface area contributed by atoms with Gasteiger partial charge >= 0.3 is 6.03 Å². The van der Waals surface area contributed by atoms with Gasteiger partial charge in [-0.25, -0.2) is 4.79 Å². The Bertz CT molecular complexity index is 739. The van der Waals surface area contributed by atoms with Gasteiger partial charge in [-0.2, -0.15) is 0 Å². The summed E-state index contributed by atoms with van der Waals surface area (Å²) < 4.78 is 0. The Morgan fingerprint density at radius 3 is 2.22 bits per heavy atom. The molecule has 0 bridgehead atoms. The number of hydrogen-bond donors (Lipinski definition) is 2. The normalized spacial score (nSPS) is 25.5. The van der Waals surface area contributed by atoms with Gasteiger partial charge < -0.3 is 15.5 Å². The molecule has 1 aromatic rings. The number of nitrogens with zero attached hydrogens (tertiary/aromatic N) is 2. The van der Waals surface area contributed by atoms with Crippen LogP contribution in [0.25, 0.3) is 0 Å². The van der Waals surface area contributed by atoms with Gasteiger partial charge in [0.15, 0.2) is 0 Å². The second-order valence-corrected chi connectivity index (χ2v) is 10.6. The lowest BCUT2D eigenvalue weighted by Gasteiger charge is -2.37. The lowest BCUT2D eigenvalue weighted by molar-refractivity contribution is 0.203. The quantitative estimate of drug-likeness (QED) is 0.548. The molecule has 4 rings (SSSR count). The molecule has 32 heavy (non-hydrogen) atoms. The van der Waals surface area contributed by atoms with Gasteiger partial charge in [0.2, 0.25) is 0 Å². The van der Waals surface area contributed by atoms with E-state index in [1.807, 2.05) is 12.1 Å². The first kappa shape index (κ1) is 24.0. The molecule has 1 heterocycles. The molecule has 7 heteroatoms. The Labute approximate surface area is 203 Å². The summed E-state index contributed by atoms with van der Waals surface area (Å²) >= 11 is 12.6. The third-order valence-corrected chi connectivity index (χ3v) is 8.43. The standard InChI is InChI=1S/C25H38Cl2N4O/c26-22-7-4-8-23(24(22)27)31-17-15-30(16-18-31)14-13-19-9-11-21(12-10-19)29-25(32)28-20-5-2-1-3-6-20/h4,7-8,19-21H,1-3,5-6,9-18H2,(H2,28,29,32). The molecule has 2 N–H and O–H groups in total. The Morgan fingerprint density at radius 1 is 0.875 bits per heavy atom. The Hall–Kier alpha value is -1.17. The predicted octanol–water partition coefficient (Wildman–Crippen LogP) is 5.70. The Kier molecular flexibility index (Phi) is 8.84. The zero-order valence-corrected chi connectivity index (χ0v) is 20.6. The number of nitrogens with one attached hydrogen (secondary N) is 2. The van der Waals surface area contributed by atoms with Crippen LogP contribution in [0.5, 0.6) is 0 Å². The molecule has 0 atom stereocenters. The van der Waals surface area contributed by atoms with Crippen LogP contribution in [0.2, 0.25) is 10.0 Å². The maximum Gasteiger partial charge on any atom is 0.315 e. The van der Waals surface area contributed by atoms with Crippen molar-refractivity contribution in [3.8, 4) is 0 Å². The van der Waals surface area contributed by atoms with Crippen LogP contribution >= 0.6 is 23.2 Å². The van der Waals surface area contributed by atoms with Crippen molar-refractivity contribution >= 4 is 34.9 Å². The number of rotatable bonds is 6. The van der Waals surface area contributed by atoms with E-state index >= 15 is 0 Å². The van der Waals surface area contributed by atoms with Crippen LogP contribution < -0.4 is 15.5 Å². The highest BCUT2D eigenvalue weighted by atomic mass is 35.5. The molecular formula is C25H38Cl2N4O. The van der Waals surface area contributed by atoms with E-state index in [-0.39, 0.29) is 6.03 Å². The molecule has 2 amide bonds. The van der Waals surface area contributed by atoms with Crippen LogP contribution in [0.15, 0.2) is 18.2 Å². The van der Waals surface area contributed by atoms with E-state index in [0.29, 0.717) is 22.1 Å². The van der Waals surface area contributed by atoms with Crippen LogP contribution in [0.3, 0.4) is 0 Å². The minimum Gasteiger partial charge on any atom is -0.368 e. The molecule has 0 spiro atoms. The first-order valence-electron chi connectivity index (χ1n) is 12.6. The first-order chi connectivity index (χ1) is 15.6. The van der Waals surface area contributed by atoms with Crippen molar-refractivity contribution in [3.05, 3.63) is 28.2 Å². The Balaban J connectivity index is 1.11. The number of anilines is 1. The second kappa shape index (κ2) is 11.8. The minimum absolute atomic E-state index is 0.0537. The first-order valence-corrected chi connectivity index (χ1v) is 13.3. The summed E-state index contributed by atoms with van der Waals surface area (Å²) in [4.78, 5) is 17.2. The van der Waals surface area contributed by atoms with E-state index in [1.165, 1.54) is 45.1 Å². The van der Waals surface area contributed by atoms with Gasteiger partial charge in [0.1, 0.15) is 0 Å². The molecule has 1 saturated heterocycles. The number of carbonyl (C=O) groups is 1. The van der Waals surface area contributed by atoms with Crippen molar-refractivity contribution in [2.24, 2.45) is 5.92 Å². The van der Waals surface area contributed by atoms with Gasteiger partial charge in [0.05, 0.1) is 15.7 Å². The van der Waals surface area contributed by atoms with Crippen LogP contribution in [-0.4, -0.2) is 55.7 Å². The number of halogens is 2. The second-order valence-electron chi connectivity index (χ2n) is 9.86. The third kappa shape index (κ3) is 6.68. The van der Waals surface area contributed by atoms with Gasteiger partial charge in [-0.15, -0.1) is 0 Å². The highest BCUT2D eigenvalue weighted by Gasteiger charge is 2.25. The zero-order valence-electron chi connectivity index (χ0n) is 19.1. The summed E-state index contributed by atoms with van der Waals surface area (Å²) in [6, 6.07) is 6.66. The Morgan fingerprint density at radius 2 is 1.53 bits per heavy atom. The van der Waals surface area contributed by atoms with Crippen molar-refractivity contribution in [3.63, 3.8) is 0 Å². The van der Waals surface area contributed by atoms with Gasteiger partial charge in [-0.3, -0.25) is 4.90 Å². The van der Waals surface area contributed by atoms with Crippen LogP contribution in [-0.2, 0) is 0 Å². The molecule has 5 nitrogen and oxygen atoms in total. The molecule has 178 valence electrons. The van der Waals surface area contributed by atoms with Gasteiger partial charge in [-0.05, 0) is 69.5 Å². The number of hydrogen-bond acceptors (Lipinski definition) is 3. The monoisotopic (exact) mass is 480 g/mol. The minimum atomic E-state index is 0.0537. The summed E-state index contributed by atoms with van der Waals surface area (Å²) in [6.45, 7) is 5.30. The van der Waals surface area contributed by atoms with E-state index in [0.717, 1.165) is 63.5 Å². The van der Waals surface area contributed by atoms with Crippen molar-refractivity contribution in [2.75, 3.05) is 37.6 Å². The fraction of sp³-hybridized carbons (Fsp3) is 0.720. The number of carbonyl (C=O) groups excluding carboxylic acids is 1. The van der Waals surface area contributed by atoms with E-state index < -0.39 is 0 Å². The molecule has 1 aromatic carbocycles. The molecule has 3 fully saturated rings. The largest absolute Gasteiger partial charge is 0.368 e. The van der Waals surface area contributed by atoms with Crippen molar-refractivity contribution in [1.29, 1.82) is 0 Å². The average Bonchev–Trinajstić information content (AvgIpc) is 2.81. The molecular weight excluding hydrogens is 443 g/mol. The van der Waals surface area contributed by atoms with E-state index in [1.54, 1.807) is 0 Å². The molecule has 1 aliphatic heterocycles. The van der Waals surface area contributed by atoms with E-state index in [2.05, 4.69) is 26.5 Å². The lowest BCUT2D eigenvalue weighted by atomic mass is 9.84. The molecule has 0 aromatic heterocycles. The average molecular weight is 482 g/mol. The van der Waals surface area contributed by atoms with Crippen molar-refractivity contribution in [2.45, 2.75) is 76.3 Å². The van der Waals surface area contributed by atoms with E-state index in [4.69, 9.17) is 23.2 Å². The van der Waals surface area contributed by atoms with Gasteiger partial charge in [0.25, 0.3) is 0 Å². The summed E-state index contributed by atoms with van der Waals surface area (Å²) in [6.07, 6.45) is 12.0. The molecule has 0 radical (unpaired) electrons. The molecule has 2 saturated carbocycles. The van der Waals surface area contributed by atoms with Crippen LogP contribution in [0.1, 0.15) is 64.2 Å². The molecule has 0 unspecified atom stereocenters. The topological polar surface area (TPSA) is 47.6 Å². The van der Waals surface area contributed by atoms with Crippen LogP contribution in [0.4, 0.5) is 10.5 Å². The maximum atomic E-state index is 12.3. The van der Waals surface area contributed by atoms with Gasteiger partial charge in [-0.1, -0.05) is 48.5 Å². The van der Waals surface area contributed by atoms with Crippen molar-refractivity contribution in [1.82, 2.24) is 15.5 Å². The number of benzene rings is 1. The highest BCUT2D eigenvalue weighted by molar-refractivity contribution is 6.43. The third-order valence-electron chi connectivity index (χ3n) is 7.62. The van der Waals surface area contributed by atoms with Crippen molar-refractivity contribution < 1.29 is 4.79 Å². The summed E-state index contributed by atoms with van der Waals surface area (Å²) in [7, 11) is 0. The zero-order chi connectivity index (χ0) is 22.3. The summed E-state index contributed by atoms with van der Waals surface area (Å²) in [5, 5.41) is 7.72. The fourth-order valence-electron chi connectivity index (χ4n) is 5.57. The summed E-state index contributed by atoms with van der Waals surface area (Å²) in [5.74, 6) is 0.787. The van der Waals surface area contributed by atoms with E-state index in [9.17, 15) is 4.79 Å². The smallest absolute Gasteiger partial charge is 0.315 e. The number of urea groups is 1. The highest BCUT2D eigenvalue weighted by Crippen LogP contribution is 2.33.